The van der Waals surface area contributed by atoms with Crippen molar-refractivity contribution in [1.29, 1.82) is 0 Å². The van der Waals surface area contributed by atoms with E-state index in [9.17, 15) is 43.9 Å². The first-order valence-corrected chi connectivity index (χ1v) is 21.8. The molecule has 0 atom stereocenters. The summed E-state index contributed by atoms with van der Waals surface area (Å²) in [5, 5.41) is 0. The maximum atomic E-state index is 14.9. The van der Waals surface area contributed by atoms with Gasteiger partial charge in [-0.2, -0.15) is 17.6 Å². The molecule has 0 N–H and O–H groups in total. The molecule has 0 amide bonds. The molecule has 3 saturated carbocycles. The highest BCUT2D eigenvalue weighted by Gasteiger charge is 2.45. The highest BCUT2D eigenvalue weighted by Crippen LogP contribution is 2.46. The van der Waals surface area contributed by atoms with Crippen LogP contribution < -0.4 is 9.47 Å². The Bertz CT molecular complexity index is 2120. The number of hydrogen-bond acceptors (Lipinski definition) is 2. The Labute approximate surface area is 414 Å². The maximum absolute atomic E-state index is 14.9. The Kier molecular flexibility index (Phi) is 26.6. The van der Waals surface area contributed by atoms with E-state index in [1.807, 2.05) is 0 Å². The Morgan fingerprint density at radius 1 is 0.449 bits per heavy atom. The zero-order valence-corrected chi connectivity index (χ0v) is 36.2. The Balaban J connectivity index is -0.000000378. The van der Waals surface area contributed by atoms with E-state index < -0.39 is 75.5 Å². The van der Waals surface area contributed by atoms with Gasteiger partial charge in [-0.05, 0) is 178 Å². The number of halogens is 10. The van der Waals surface area contributed by atoms with Gasteiger partial charge < -0.3 is 9.47 Å². The van der Waals surface area contributed by atoms with Crippen LogP contribution >= 0.6 is 0 Å². The minimum absolute atomic E-state index is 0. The van der Waals surface area contributed by atoms with Crippen molar-refractivity contribution in [3.05, 3.63) is 117 Å². The zero-order valence-electron chi connectivity index (χ0n) is 36.2. The molecule has 3 aliphatic carbocycles. The highest BCUT2D eigenvalue weighted by atomic mass is 19.3. The molecule has 0 spiro atoms. The molecule has 69 heavy (non-hydrogen) atoms. The molecule has 4 aromatic rings. The Morgan fingerprint density at radius 3 is 1.23 bits per heavy atom. The third kappa shape index (κ3) is 15.9. The van der Waals surface area contributed by atoms with Crippen molar-refractivity contribution in [2.24, 2.45) is 29.6 Å². The molecule has 400 valence electrons. The summed E-state index contributed by atoms with van der Waals surface area (Å²) in [6.07, 6.45) is 3.44. The number of alkyl halides is 4. The molecular formula is C57H90F10O2. The van der Waals surface area contributed by atoms with Gasteiger partial charge >= 0.3 is 12.2 Å². The average Bonchev–Trinajstić information content (AvgIpc) is 3.19. The SMILES string of the molecule is C.C.C.C.C.C.C.Cc1cc(OC(F)(F)C2CCC(C3CCC(C)CC3)CC2)cc(F)c1C.Cc1cc(OC(F)(F)c2c(F)cc(-c3c(F)cc(C4CCC(C)CC4)cc3F)cc2F)cc(F)c1C.[HH].[HH].[HH]. The van der Waals surface area contributed by atoms with Crippen molar-refractivity contribution in [2.75, 3.05) is 0 Å². The van der Waals surface area contributed by atoms with E-state index in [-0.39, 0.29) is 73.5 Å². The first-order chi connectivity index (χ1) is 29.1. The minimum atomic E-state index is -4.53. The fraction of sp³-hybridized carbons (Fsp3) is 0.579. The molecule has 0 saturated heterocycles. The lowest BCUT2D eigenvalue weighted by Crippen LogP contribution is -2.38. The topological polar surface area (TPSA) is 18.5 Å². The predicted octanol–water partition coefficient (Wildman–Crippen LogP) is 21.3. The summed E-state index contributed by atoms with van der Waals surface area (Å²) < 4.78 is 155. The van der Waals surface area contributed by atoms with E-state index in [1.165, 1.54) is 45.6 Å². The highest BCUT2D eigenvalue weighted by molar-refractivity contribution is 5.66. The van der Waals surface area contributed by atoms with Gasteiger partial charge in [0.1, 0.15) is 52.0 Å². The summed E-state index contributed by atoms with van der Waals surface area (Å²) >= 11 is 0. The second-order valence-electron chi connectivity index (χ2n) is 18.2. The van der Waals surface area contributed by atoms with E-state index in [4.69, 9.17) is 4.74 Å². The zero-order chi connectivity index (χ0) is 45.3. The average molecular weight is 997 g/mol. The van der Waals surface area contributed by atoms with Crippen LogP contribution in [0.1, 0.15) is 186 Å². The van der Waals surface area contributed by atoms with Gasteiger partial charge in [0, 0.05) is 16.4 Å². The van der Waals surface area contributed by atoms with Crippen LogP contribution in [0, 0.1) is 92.2 Å². The molecule has 2 nitrogen and oxygen atoms in total. The van der Waals surface area contributed by atoms with Gasteiger partial charge in [0.25, 0.3) is 0 Å². The van der Waals surface area contributed by atoms with Crippen LogP contribution in [0.3, 0.4) is 0 Å². The molecule has 0 heterocycles. The van der Waals surface area contributed by atoms with Crippen LogP contribution in [0.15, 0.2) is 48.5 Å². The van der Waals surface area contributed by atoms with Crippen LogP contribution in [-0.2, 0) is 6.11 Å². The van der Waals surface area contributed by atoms with Crippen molar-refractivity contribution in [1.82, 2.24) is 0 Å². The van der Waals surface area contributed by atoms with Crippen LogP contribution in [0.4, 0.5) is 43.9 Å². The Hall–Kier alpha value is -4.22. The van der Waals surface area contributed by atoms with E-state index in [1.54, 1.807) is 13.8 Å². The van der Waals surface area contributed by atoms with Gasteiger partial charge in [-0.15, -0.1) is 0 Å². The fourth-order valence-corrected chi connectivity index (χ4v) is 9.50. The molecule has 7 rings (SSSR count). The summed E-state index contributed by atoms with van der Waals surface area (Å²) in [5.41, 5.74) is -0.963. The number of hydrogen-bond donors (Lipinski definition) is 0. The molecule has 0 aromatic heterocycles. The van der Waals surface area contributed by atoms with Gasteiger partial charge in [-0.1, -0.05) is 91.5 Å². The fourth-order valence-electron chi connectivity index (χ4n) is 9.50. The van der Waals surface area contributed by atoms with Gasteiger partial charge in [-0.25, -0.2) is 26.3 Å². The van der Waals surface area contributed by atoms with E-state index in [2.05, 4.69) is 18.6 Å². The molecule has 0 bridgehead atoms. The number of ether oxygens (including phenoxy) is 2. The molecule has 0 unspecified atom stereocenters. The summed E-state index contributed by atoms with van der Waals surface area (Å²) in [6, 6.07) is 7.49. The standard InChI is InChI=1S/C28H25F7O.C22H31F3O.7CH4.3H2/c1-14-4-6-17(7-5-14)18-9-22(30)26(23(31)10-18)19-11-24(32)27(25(33)12-19)28(34,35)36-20-8-15(2)16(3)21(29)13-20;1-14-4-6-17(7-5-14)18-8-10-19(11-9-18)22(24,25)26-20-12-15(2)16(3)21(23)13-20;;;;;;;;;;/h8-14,17H,4-7H2,1-3H3;12-14,17-19H,4-11H2,1-3H3;7*1H4;3*1H. The molecule has 0 radical (unpaired) electrons. The molecule has 12 heteroatoms. The lowest BCUT2D eigenvalue weighted by atomic mass is 9.69. The van der Waals surface area contributed by atoms with Crippen LogP contribution in [-0.4, -0.2) is 6.11 Å². The quantitative estimate of drug-likeness (QED) is 0.156. The number of benzene rings is 4. The van der Waals surface area contributed by atoms with Crippen LogP contribution in [0.5, 0.6) is 11.5 Å². The lowest BCUT2D eigenvalue weighted by Gasteiger charge is -2.38. The van der Waals surface area contributed by atoms with Crippen LogP contribution in [0.2, 0.25) is 0 Å². The predicted molar refractivity (Wildman–Crippen MR) is 274 cm³/mol. The van der Waals surface area contributed by atoms with E-state index >= 15 is 0 Å². The summed E-state index contributed by atoms with van der Waals surface area (Å²) in [7, 11) is 0. The van der Waals surface area contributed by atoms with Gasteiger partial charge in [-0.3, -0.25) is 0 Å². The van der Waals surface area contributed by atoms with Crippen molar-refractivity contribution in [3.8, 4) is 22.6 Å². The van der Waals surface area contributed by atoms with Crippen molar-refractivity contribution in [2.45, 2.75) is 189 Å². The Morgan fingerprint density at radius 2 is 0.826 bits per heavy atom. The van der Waals surface area contributed by atoms with E-state index in [0.717, 1.165) is 74.6 Å². The van der Waals surface area contributed by atoms with E-state index in [0.29, 0.717) is 65.1 Å². The molecule has 4 aromatic carbocycles. The van der Waals surface area contributed by atoms with Crippen molar-refractivity contribution >= 4 is 0 Å². The molecular weight excluding hydrogens is 907 g/mol. The first kappa shape index (κ1) is 66.9. The smallest absolute Gasteiger partial charge is 0.432 e. The van der Waals surface area contributed by atoms with Crippen molar-refractivity contribution < 1.29 is 57.7 Å². The monoisotopic (exact) mass is 997 g/mol. The van der Waals surface area contributed by atoms with Crippen LogP contribution in [0.25, 0.3) is 11.1 Å². The summed E-state index contributed by atoms with van der Waals surface area (Å²) in [6.45, 7) is 10.7. The van der Waals surface area contributed by atoms with Gasteiger partial charge in [0.2, 0.25) is 0 Å². The molecule has 3 aliphatic rings. The second kappa shape index (κ2) is 27.4. The molecule has 0 aliphatic heterocycles. The largest absolute Gasteiger partial charge is 0.432 e. The third-order valence-electron chi connectivity index (χ3n) is 13.8. The van der Waals surface area contributed by atoms with Crippen molar-refractivity contribution in [3.63, 3.8) is 0 Å². The first-order valence-electron chi connectivity index (χ1n) is 21.8. The summed E-state index contributed by atoms with van der Waals surface area (Å²) in [5.74, 6) is -5.75. The normalized spacial score (nSPS) is 21.0. The van der Waals surface area contributed by atoms with Gasteiger partial charge in [0.15, 0.2) is 0 Å². The van der Waals surface area contributed by atoms with Gasteiger partial charge in [0.05, 0.1) is 11.5 Å². The third-order valence-corrected chi connectivity index (χ3v) is 13.8. The minimum Gasteiger partial charge on any atom is -0.432 e. The number of rotatable bonds is 9. The maximum Gasteiger partial charge on any atom is 0.432 e. The summed E-state index contributed by atoms with van der Waals surface area (Å²) in [4.78, 5) is 0. The lowest BCUT2D eigenvalue weighted by molar-refractivity contribution is -0.224. The molecule has 3 fully saturated rings. The number of aryl methyl sites for hydroxylation is 2. The second-order valence-corrected chi connectivity index (χ2v) is 18.2.